The number of hydrogen-bond acceptors (Lipinski definition) is 6. The molecule has 1 saturated carbocycles. The number of fused-ring (bicyclic) bond motifs is 1. The fourth-order valence-corrected chi connectivity index (χ4v) is 4.19. The number of aryl methyl sites for hydroxylation is 1. The SMILES string of the molecule is Cn1cc2c(=O)n(C)c(N3CCC(Cn4nc(C5CC5)ccc4=O)CC3)nc2n1. The minimum atomic E-state index is -0.0760. The van der Waals surface area contributed by atoms with Crippen LogP contribution in [0.3, 0.4) is 0 Å². The van der Waals surface area contributed by atoms with Crippen LogP contribution in [0.5, 0.6) is 0 Å². The van der Waals surface area contributed by atoms with Gasteiger partial charge in [-0.2, -0.15) is 15.2 Å². The molecule has 152 valence electrons. The van der Waals surface area contributed by atoms with Gasteiger partial charge in [-0.25, -0.2) is 4.68 Å². The third kappa shape index (κ3) is 3.34. The first-order valence-corrected chi connectivity index (χ1v) is 10.2. The summed E-state index contributed by atoms with van der Waals surface area (Å²) in [7, 11) is 3.55. The lowest BCUT2D eigenvalue weighted by Crippen LogP contribution is -2.40. The summed E-state index contributed by atoms with van der Waals surface area (Å²) in [4.78, 5) is 31.6. The van der Waals surface area contributed by atoms with Crippen molar-refractivity contribution >= 4 is 17.0 Å². The molecule has 0 radical (unpaired) electrons. The monoisotopic (exact) mass is 395 g/mol. The highest BCUT2D eigenvalue weighted by atomic mass is 16.1. The Kier molecular flexibility index (Phi) is 4.25. The first kappa shape index (κ1) is 18.1. The average Bonchev–Trinajstić information content (AvgIpc) is 3.49. The van der Waals surface area contributed by atoms with Crippen molar-refractivity contribution in [1.82, 2.24) is 29.1 Å². The number of aromatic nitrogens is 6. The normalized spacial score (nSPS) is 17.9. The van der Waals surface area contributed by atoms with E-state index in [1.54, 1.807) is 40.3 Å². The highest BCUT2D eigenvalue weighted by Gasteiger charge is 2.27. The van der Waals surface area contributed by atoms with E-state index in [2.05, 4.69) is 20.1 Å². The molecule has 3 aromatic heterocycles. The van der Waals surface area contributed by atoms with E-state index in [0.717, 1.165) is 31.6 Å². The van der Waals surface area contributed by atoms with Gasteiger partial charge in [0.2, 0.25) is 5.95 Å². The van der Waals surface area contributed by atoms with Crippen LogP contribution >= 0.6 is 0 Å². The molecule has 0 spiro atoms. The number of piperidine rings is 1. The van der Waals surface area contributed by atoms with Crippen LogP contribution in [-0.4, -0.2) is 42.2 Å². The van der Waals surface area contributed by atoms with Crippen LogP contribution in [0.15, 0.2) is 27.9 Å². The van der Waals surface area contributed by atoms with Crippen molar-refractivity contribution in [2.75, 3.05) is 18.0 Å². The van der Waals surface area contributed by atoms with E-state index in [0.29, 0.717) is 35.4 Å². The smallest absolute Gasteiger partial charge is 0.266 e. The van der Waals surface area contributed by atoms with E-state index in [-0.39, 0.29) is 11.1 Å². The zero-order valence-corrected chi connectivity index (χ0v) is 16.8. The van der Waals surface area contributed by atoms with Gasteiger partial charge in [-0.15, -0.1) is 0 Å². The minimum absolute atomic E-state index is 0.0264. The van der Waals surface area contributed by atoms with Gasteiger partial charge in [0.25, 0.3) is 11.1 Å². The molecule has 0 atom stereocenters. The fourth-order valence-electron chi connectivity index (χ4n) is 4.19. The van der Waals surface area contributed by atoms with Crippen LogP contribution in [0.2, 0.25) is 0 Å². The van der Waals surface area contributed by atoms with E-state index in [1.807, 2.05) is 6.07 Å². The van der Waals surface area contributed by atoms with Crippen LogP contribution in [-0.2, 0) is 20.6 Å². The summed E-state index contributed by atoms with van der Waals surface area (Å²) in [5.74, 6) is 1.59. The quantitative estimate of drug-likeness (QED) is 0.655. The average molecular weight is 395 g/mol. The maximum Gasteiger partial charge on any atom is 0.266 e. The Hall–Kier alpha value is -2.97. The van der Waals surface area contributed by atoms with Crippen LogP contribution < -0.4 is 16.0 Å². The highest BCUT2D eigenvalue weighted by molar-refractivity contribution is 5.74. The summed E-state index contributed by atoms with van der Waals surface area (Å²) in [5.41, 5.74) is 1.43. The van der Waals surface area contributed by atoms with Gasteiger partial charge in [-0.1, -0.05) is 0 Å². The molecular formula is C20H25N7O2. The number of nitrogens with zero attached hydrogens (tertiary/aromatic N) is 7. The van der Waals surface area contributed by atoms with Crippen LogP contribution in [0.1, 0.15) is 37.3 Å². The summed E-state index contributed by atoms with van der Waals surface area (Å²) in [6.07, 6.45) is 5.92. The molecule has 2 fully saturated rings. The van der Waals surface area contributed by atoms with Gasteiger partial charge in [0, 0.05) is 51.9 Å². The molecule has 4 heterocycles. The zero-order valence-electron chi connectivity index (χ0n) is 16.8. The Bertz CT molecular complexity index is 1180. The predicted octanol–water partition coefficient (Wildman–Crippen LogP) is 1.02. The topological polar surface area (TPSA) is 90.8 Å². The van der Waals surface area contributed by atoms with Crippen molar-refractivity contribution in [2.45, 2.75) is 38.1 Å². The van der Waals surface area contributed by atoms with E-state index in [4.69, 9.17) is 0 Å². The standard InChI is InChI=1S/C20H25N7O2/c1-24-12-15-18(23-24)21-20(25(2)19(15)29)26-9-7-13(8-10-26)11-27-17(28)6-5-16(22-27)14-3-4-14/h5-6,12-14H,3-4,7-11H2,1-2H3. The molecule has 1 saturated heterocycles. The molecule has 9 nitrogen and oxygen atoms in total. The summed E-state index contributed by atoms with van der Waals surface area (Å²) in [6.45, 7) is 2.24. The molecule has 0 amide bonds. The molecule has 0 unspecified atom stereocenters. The molecule has 2 aliphatic rings. The third-order valence-corrected chi connectivity index (χ3v) is 6.06. The summed E-state index contributed by atoms with van der Waals surface area (Å²) < 4.78 is 4.87. The van der Waals surface area contributed by atoms with Gasteiger partial charge in [0.15, 0.2) is 5.65 Å². The Morgan fingerprint density at radius 3 is 2.52 bits per heavy atom. The van der Waals surface area contributed by atoms with Crippen LogP contribution in [0.25, 0.3) is 11.0 Å². The molecular weight excluding hydrogens is 370 g/mol. The van der Waals surface area contributed by atoms with Crippen molar-refractivity contribution in [1.29, 1.82) is 0 Å². The maximum atomic E-state index is 12.6. The molecule has 29 heavy (non-hydrogen) atoms. The molecule has 5 rings (SSSR count). The van der Waals surface area contributed by atoms with Gasteiger partial charge in [-0.05, 0) is 37.7 Å². The number of hydrogen-bond donors (Lipinski definition) is 0. The first-order chi connectivity index (χ1) is 14.0. The Balaban J connectivity index is 1.31. The van der Waals surface area contributed by atoms with Crippen molar-refractivity contribution < 1.29 is 0 Å². The second-order valence-electron chi connectivity index (χ2n) is 8.30. The van der Waals surface area contributed by atoms with E-state index in [9.17, 15) is 9.59 Å². The van der Waals surface area contributed by atoms with Gasteiger partial charge in [0.05, 0.1) is 5.69 Å². The van der Waals surface area contributed by atoms with Crippen molar-refractivity contribution in [3.63, 3.8) is 0 Å². The van der Waals surface area contributed by atoms with Crippen LogP contribution in [0.4, 0.5) is 5.95 Å². The van der Waals surface area contributed by atoms with Crippen molar-refractivity contribution in [2.24, 2.45) is 20.0 Å². The summed E-state index contributed by atoms with van der Waals surface area (Å²) in [6, 6.07) is 3.52. The largest absolute Gasteiger partial charge is 0.342 e. The van der Waals surface area contributed by atoms with Gasteiger partial charge < -0.3 is 4.90 Å². The minimum Gasteiger partial charge on any atom is -0.342 e. The predicted molar refractivity (Wildman–Crippen MR) is 109 cm³/mol. The Labute approximate surface area is 167 Å². The van der Waals surface area contributed by atoms with Crippen molar-refractivity contribution in [3.05, 3.63) is 44.7 Å². The van der Waals surface area contributed by atoms with Gasteiger partial charge >= 0.3 is 0 Å². The molecule has 3 aromatic rings. The fraction of sp³-hybridized carbons (Fsp3) is 0.550. The van der Waals surface area contributed by atoms with Crippen LogP contribution in [0, 0.1) is 5.92 Å². The maximum absolute atomic E-state index is 12.6. The lowest BCUT2D eigenvalue weighted by atomic mass is 9.97. The molecule has 0 aromatic carbocycles. The van der Waals surface area contributed by atoms with E-state index >= 15 is 0 Å². The Morgan fingerprint density at radius 1 is 1.03 bits per heavy atom. The van der Waals surface area contributed by atoms with E-state index < -0.39 is 0 Å². The molecule has 1 aliphatic heterocycles. The van der Waals surface area contributed by atoms with Gasteiger partial charge in [0.1, 0.15) is 5.39 Å². The number of anilines is 1. The van der Waals surface area contributed by atoms with Crippen molar-refractivity contribution in [3.8, 4) is 0 Å². The summed E-state index contributed by atoms with van der Waals surface area (Å²) >= 11 is 0. The lowest BCUT2D eigenvalue weighted by molar-refractivity contribution is 0.331. The second-order valence-corrected chi connectivity index (χ2v) is 8.30. The summed E-state index contributed by atoms with van der Waals surface area (Å²) in [5, 5.41) is 9.42. The van der Waals surface area contributed by atoms with Gasteiger partial charge in [-0.3, -0.25) is 18.8 Å². The highest BCUT2D eigenvalue weighted by Crippen LogP contribution is 2.38. The molecule has 9 heteroatoms. The molecule has 0 N–H and O–H groups in total. The molecule has 1 aliphatic carbocycles. The first-order valence-electron chi connectivity index (χ1n) is 10.2. The second kappa shape index (κ2) is 6.82. The third-order valence-electron chi connectivity index (χ3n) is 6.06. The number of rotatable bonds is 4. The lowest BCUT2D eigenvalue weighted by Gasteiger charge is -2.33. The van der Waals surface area contributed by atoms with E-state index in [1.165, 1.54) is 12.8 Å². The molecule has 0 bridgehead atoms. The zero-order chi connectivity index (χ0) is 20.1. The Morgan fingerprint density at radius 2 is 1.79 bits per heavy atom.